The SMILES string of the molecule is c1ccc(-c2cnc(OCCN3CCOCC3)nc2)cc1. The maximum absolute atomic E-state index is 5.59. The van der Waals surface area contributed by atoms with Crippen LogP contribution in [-0.4, -0.2) is 54.3 Å². The number of morpholine rings is 1. The number of rotatable bonds is 5. The molecule has 0 aliphatic carbocycles. The minimum atomic E-state index is 0.433. The van der Waals surface area contributed by atoms with Gasteiger partial charge in [-0.25, -0.2) is 9.97 Å². The van der Waals surface area contributed by atoms with Crippen LogP contribution >= 0.6 is 0 Å². The third-order valence-electron chi connectivity index (χ3n) is 3.48. The van der Waals surface area contributed by atoms with E-state index in [1.165, 1.54) is 0 Å². The lowest BCUT2D eigenvalue weighted by Crippen LogP contribution is -2.38. The number of ether oxygens (including phenoxy) is 2. The molecule has 0 bridgehead atoms. The van der Waals surface area contributed by atoms with Crippen molar-refractivity contribution in [3.05, 3.63) is 42.7 Å². The van der Waals surface area contributed by atoms with E-state index in [2.05, 4.69) is 14.9 Å². The zero-order chi connectivity index (χ0) is 14.3. The Hall–Kier alpha value is -1.98. The molecule has 2 aromatic rings. The highest BCUT2D eigenvalue weighted by Crippen LogP contribution is 2.17. The van der Waals surface area contributed by atoms with Crippen molar-refractivity contribution in [3.63, 3.8) is 0 Å². The van der Waals surface area contributed by atoms with Gasteiger partial charge in [-0.3, -0.25) is 4.90 Å². The van der Waals surface area contributed by atoms with Crippen LogP contribution in [0.3, 0.4) is 0 Å². The molecule has 5 nitrogen and oxygen atoms in total. The zero-order valence-corrected chi connectivity index (χ0v) is 11.9. The fourth-order valence-corrected chi connectivity index (χ4v) is 2.26. The molecule has 0 atom stereocenters. The molecule has 1 saturated heterocycles. The minimum Gasteiger partial charge on any atom is -0.462 e. The summed E-state index contributed by atoms with van der Waals surface area (Å²) < 4.78 is 10.9. The van der Waals surface area contributed by atoms with Gasteiger partial charge in [0, 0.05) is 37.6 Å². The van der Waals surface area contributed by atoms with Crippen molar-refractivity contribution in [2.75, 3.05) is 39.5 Å². The third kappa shape index (κ3) is 4.00. The molecule has 0 radical (unpaired) electrons. The van der Waals surface area contributed by atoms with Crippen molar-refractivity contribution in [1.29, 1.82) is 0 Å². The first kappa shape index (κ1) is 14.0. The van der Waals surface area contributed by atoms with Crippen molar-refractivity contribution in [3.8, 4) is 17.1 Å². The van der Waals surface area contributed by atoms with Gasteiger partial charge in [0.15, 0.2) is 0 Å². The van der Waals surface area contributed by atoms with E-state index in [9.17, 15) is 0 Å². The molecule has 1 aliphatic rings. The van der Waals surface area contributed by atoms with Crippen molar-refractivity contribution >= 4 is 0 Å². The van der Waals surface area contributed by atoms with Crippen molar-refractivity contribution in [1.82, 2.24) is 14.9 Å². The molecule has 3 rings (SSSR count). The normalized spacial score (nSPS) is 15.8. The van der Waals surface area contributed by atoms with Gasteiger partial charge in [0.2, 0.25) is 0 Å². The molecule has 0 saturated carbocycles. The van der Waals surface area contributed by atoms with E-state index in [-0.39, 0.29) is 0 Å². The first-order valence-electron chi connectivity index (χ1n) is 7.22. The van der Waals surface area contributed by atoms with Crippen LogP contribution in [0, 0.1) is 0 Å². The Bertz CT molecular complexity index is 539. The highest BCUT2D eigenvalue weighted by molar-refractivity contribution is 5.61. The molecule has 5 heteroatoms. The van der Waals surface area contributed by atoms with Gasteiger partial charge in [0.05, 0.1) is 13.2 Å². The van der Waals surface area contributed by atoms with E-state index in [4.69, 9.17) is 9.47 Å². The molecule has 0 amide bonds. The molecule has 0 spiro atoms. The van der Waals surface area contributed by atoms with Crippen LogP contribution in [-0.2, 0) is 4.74 Å². The fraction of sp³-hybridized carbons (Fsp3) is 0.375. The largest absolute Gasteiger partial charge is 0.462 e. The molecule has 1 fully saturated rings. The Balaban J connectivity index is 1.50. The summed E-state index contributed by atoms with van der Waals surface area (Å²) in [6, 6.07) is 10.5. The lowest BCUT2D eigenvalue weighted by molar-refractivity contribution is 0.0317. The second-order valence-electron chi connectivity index (χ2n) is 4.92. The molecular formula is C16H19N3O2. The molecule has 1 aromatic carbocycles. The van der Waals surface area contributed by atoms with Gasteiger partial charge in [-0.1, -0.05) is 30.3 Å². The van der Waals surface area contributed by atoms with Gasteiger partial charge in [0.25, 0.3) is 0 Å². The summed E-state index contributed by atoms with van der Waals surface area (Å²) in [6.45, 7) is 5.04. The highest BCUT2D eigenvalue weighted by Gasteiger charge is 2.10. The summed E-state index contributed by atoms with van der Waals surface area (Å²) in [5.74, 6) is 0. The summed E-state index contributed by atoms with van der Waals surface area (Å²) in [5.41, 5.74) is 2.11. The molecule has 110 valence electrons. The monoisotopic (exact) mass is 285 g/mol. The summed E-state index contributed by atoms with van der Waals surface area (Å²) >= 11 is 0. The average Bonchev–Trinajstić information content (AvgIpc) is 2.57. The van der Waals surface area contributed by atoms with Crippen molar-refractivity contribution in [2.45, 2.75) is 0 Å². The molecular weight excluding hydrogens is 266 g/mol. The van der Waals surface area contributed by atoms with Crippen LogP contribution in [0.2, 0.25) is 0 Å². The maximum Gasteiger partial charge on any atom is 0.316 e. The summed E-state index contributed by atoms with van der Waals surface area (Å²) in [6.07, 6.45) is 3.60. The zero-order valence-electron chi connectivity index (χ0n) is 11.9. The van der Waals surface area contributed by atoms with Crippen LogP contribution in [0.1, 0.15) is 0 Å². The van der Waals surface area contributed by atoms with Gasteiger partial charge in [-0.2, -0.15) is 0 Å². The van der Waals surface area contributed by atoms with Crippen molar-refractivity contribution in [2.24, 2.45) is 0 Å². The summed E-state index contributed by atoms with van der Waals surface area (Å²) in [4.78, 5) is 10.8. The Morgan fingerprint density at radius 3 is 2.43 bits per heavy atom. The Morgan fingerprint density at radius 1 is 1.00 bits per heavy atom. The summed E-state index contributed by atoms with van der Waals surface area (Å²) in [7, 11) is 0. The minimum absolute atomic E-state index is 0.433. The van der Waals surface area contributed by atoms with E-state index in [0.717, 1.165) is 44.0 Å². The maximum atomic E-state index is 5.59. The number of nitrogens with zero attached hydrogens (tertiary/aromatic N) is 3. The quantitative estimate of drug-likeness (QED) is 0.839. The first-order valence-corrected chi connectivity index (χ1v) is 7.22. The lowest BCUT2D eigenvalue weighted by atomic mass is 10.1. The van der Waals surface area contributed by atoms with E-state index >= 15 is 0 Å². The Labute approximate surface area is 124 Å². The van der Waals surface area contributed by atoms with Crippen LogP contribution < -0.4 is 4.74 Å². The van der Waals surface area contributed by atoms with Gasteiger partial charge in [-0.05, 0) is 5.56 Å². The molecule has 0 unspecified atom stereocenters. The second-order valence-corrected chi connectivity index (χ2v) is 4.92. The number of hydrogen-bond acceptors (Lipinski definition) is 5. The predicted molar refractivity (Wildman–Crippen MR) is 80.2 cm³/mol. The molecule has 1 aliphatic heterocycles. The van der Waals surface area contributed by atoms with Gasteiger partial charge in [0.1, 0.15) is 6.61 Å². The van der Waals surface area contributed by atoms with Crippen LogP contribution in [0.5, 0.6) is 6.01 Å². The molecule has 2 heterocycles. The lowest BCUT2D eigenvalue weighted by Gasteiger charge is -2.26. The van der Waals surface area contributed by atoms with E-state index in [1.807, 2.05) is 30.3 Å². The average molecular weight is 285 g/mol. The van der Waals surface area contributed by atoms with Gasteiger partial charge < -0.3 is 9.47 Å². The van der Waals surface area contributed by atoms with Crippen molar-refractivity contribution < 1.29 is 9.47 Å². The van der Waals surface area contributed by atoms with Crippen LogP contribution in [0.15, 0.2) is 42.7 Å². The van der Waals surface area contributed by atoms with E-state index in [1.54, 1.807) is 12.4 Å². The third-order valence-corrected chi connectivity index (χ3v) is 3.48. The van der Waals surface area contributed by atoms with E-state index < -0.39 is 0 Å². The smallest absolute Gasteiger partial charge is 0.316 e. The first-order chi connectivity index (χ1) is 10.4. The topological polar surface area (TPSA) is 47.5 Å². The van der Waals surface area contributed by atoms with Gasteiger partial charge in [-0.15, -0.1) is 0 Å². The fourth-order valence-electron chi connectivity index (χ4n) is 2.26. The van der Waals surface area contributed by atoms with Crippen LogP contribution in [0.25, 0.3) is 11.1 Å². The number of aromatic nitrogens is 2. The second kappa shape index (κ2) is 7.15. The number of hydrogen-bond donors (Lipinski definition) is 0. The Morgan fingerprint density at radius 2 is 1.71 bits per heavy atom. The predicted octanol–water partition coefficient (Wildman–Crippen LogP) is 1.85. The van der Waals surface area contributed by atoms with Gasteiger partial charge >= 0.3 is 6.01 Å². The molecule has 1 aromatic heterocycles. The van der Waals surface area contributed by atoms with E-state index in [0.29, 0.717) is 12.6 Å². The summed E-state index contributed by atoms with van der Waals surface area (Å²) in [5, 5.41) is 0. The standard InChI is InChI=1S/C16H19N3O2/c1-2-4-14(5-3-1)15-12-17-16(18-13-15)21-11-8-19-6-9-20-10-7-19/h1-5,12-13H,6-11H2. The highest BCUT2D eigenvalue weighted by atomic mass is 16.5. The molecule has 21 heavy (non-hydrogen) atoms. The van der Waals surface area contributed by atoms with Crippen LogP contribution in [0.4, 0.5) is 0 Å². The molecule has 0 N–H and O–H groups in total. The Kier molecular flexibility index (Phi) is 4.76. The number of benzene rings is 1.